The van der Waals surface area contributed by atoms with E-state index in [4.69, 9.17) is 10.8 Å². The van der Waals surface area contributed by atoms with E-state index in [1.807, 2.05) is 0 Å². The summed E-state index contributed by atoms with van der Waals surface area (Å²) in [6.07, 6.45) is 0.285. The fourth-order valence-electron chi connectivity index (χ4n) is 0.539. The van der Waals surface area contributed by atoms with Crippen LogP contribution in [0.5, 0.6) is 0 Å². The topological polar surface area (TPSA) is 89.6 Å². The van der Waals surface area contributed by atoms with Gasteiger partial charge < -0.3 is 15.6 Å². The van der Waals surface area contributed by atoms with E-state index in [1.165, 1.54) is 18.9 Å². The van der Waals surface area contributed by atoms with Gasteiger partial charge in [0.2, 0.25) is 0 Å². The standard InChI is InChI=1S/C7H13NO4S/c1-12-6(9)2-3-13-4-5(8)7(10)11/h5H,2-4,8H2,1H3,(H,10,11)/t5-/m1/s1. The van der Waals surface area contributed by atoms with Crippen LogP contribution in [0.25, 0.3) is 0 Å². The molecule has 0 heterocycles. The number of carboxylic acid groups (broad SMARTS) is 1. The minimum atomic E-state index is -1.02. The number of aliphatic carboxylic acids is 1. The zero-order valence-electron chi connectivity index (χ0n) is 7.36. The fraction of sp³-hybridized carbons (Fsp3) is 0.714. The molecule has 0 amide bonds. The highest BCUT2D eigenvalue weighted by Crippen LogP contribution is 2.04. The summed E-state index contributed by atoms with van der Waals surface area (Å²) in [5, 5.41) is 8.41. The number of carbonyl (C=O) groups is 2. The first-order valence-electron chi connectivity index (χ1n) is 3.71. The molecule has 13 heavy (non-hydrogen) atoms. The summed E-state index contributed by atoms with van der Waals surface area (Å²) in [6, 6.07) is -0.859. The Bertz CT molecular complexity index is 185. The molecule has 3 N–H and O–H groups in total. The third kappa shape index (κ3) is 6.41. The van der Waals surface area contributed by atoms with Crippen molar-refractivity contribution in [3.63, 3.8) is 0 Å². The first-order valence-corrected chi connectivity index (χ1v) is 4.86. The van der Waals surface area contributed by atoms with Gasteiger partial charge in [0.15, 0.2) is 0 Å². The van der Waals surface area contributed by atoms with Crippen molar-refractivity contribution in [1.29, 1.82) is 0 Å². The molecule has 0 aliphatic heterocycles. The Morgan fingerprint density at radius 2 is 2.23 bits per heavy atom. The largest absolute Gasteiger partial charge is 0.480 e. The lowest BCUT2D eigenvalue weighted by molar-refractivity contribution is -0.140. The van der Waals surface area contributed by atoms with Crippen LogP contribution in [0.3, 0.4) is 0 Å². The van der Waals surface area contributed by atoms with E-state index in [1.54, 1.807) is 0 Å². The predicted molar refractivity (Wildman–Crippen MR) is 49.6 cm³/mol. The average Bonchev–Trinajstić information content (AvgIpc) is 2.11. The number of nitrogens with two attached hydrogens (primary N) is 1. The summed E-state index contributed by atoms with van der Waals surface area (Å²) in [5.74, 6) is -0.470. The predicted octanol–water partition coefficient (Wildman–Crippen LogP) is -0.305. The first kappa shape index (κ1) is 12.2. The average molecular weight is 207 g/mol. The normalized spacial score (nSPS) is 12.2. The molecule has 0 aromatic carbocycles. The minimum absolute atomic E-state index is 0.285. The zero-order valence-corrected chi connectivity index (χ0v) is 8.17. The monoisotopic (exact) mass is 207 g/mol. The van der Waals surface area contributed by atoms with Crippen molar-refractivity contribution in [2.45, 2.75) is 12.5 Å². The number of ether oxygens (including phenoxy) is 1. The molecule has 76 valence electrons. The SMILES string of the molecule is COC(=O)CCSC[C@@H](N)C(=O)O. The molecular weight excluding hydrogens is 194 g/mol. The molecule has 1 atom stereocenters. The van der Waals surface area contributed by atoms with Crippen LogP contribution in [0.4, 0.5) is 0 Å². The van der Waals surface area contributed by atoms with Crippen LogP contribution >= 0.6 is 11.8 Å². The van der Waals surface area contributed by atoms with E-state index in [0.29, 0.717) is 11.5 Å². The van der Waals surface area contributed by atoms with Crippen LogP contribution in [0, 0.1) is 0 Å². The highest BCUT2D eigenvalue weighted by Gasteiger charge is 2.11. The van der Waals surface area contributed by atoms with Gasteiger partial charge in [0.05, 0.1) is 13.5 Å². The van der Waals surface area contributed by atoms with E-state index in [0.717, 1.165) is 0 Å². The van der Waals surface area contributed by atoms with Gasteiger partial charge in [-0.1, -0.05) is 0 Å². The van der Waals surface area contributed by atoms with Crippen LogP contribution in [0.15, 0.2) is 0 Å². The smallest absolute Gasteiger partial charge is 0.321 e. The Morgan fingerprint density at radius 1 is 1.62 bits per heavy atom. The lowest BCUT2D eigenvalue weighted by Crippen LogP contribution is -2.32. The van der Waals surface area contributed by atoms with Gasteiger partial charge in [0.1, 0.15) is 6.04 Å². The van der Waals surface area contributed by atoms with Gasteiger partial charge in [-0.2, -0.15) is 11.8 Å². The molecule has 0 spiro atoms. The Hall–Kier alpha value is -0.750. The summed E-state index contributed by atoms with van der Waals surface area (Å²) in [7, 11) is 1.32. The van der Waals surface area contributed by atoms with E-state index in [2.05, 4.69) is 4.74 Å². The summed E-state index contributed by atoms with van der Waals surface area (Å²) in [5.41, 5.74) is 5.23. The van der Waals surface area contributed by atoms with Crippen molar-refractivity contribution in [2.24, 2.45) is 5.73 Å². The molecule has 0 saturated carbocycles. The minimum Gasteiger partial charge on any atom is -0.480 e. The number of hydrogen-bond acceptors (Lipinski definition) is 5. The van der Waals surface area contributed by atoms with E-state index < -0.39 is 12.0 Å². The van der Waals surface area contributed by atoms with Crippen LogP contribution in [-0.2, 0) is 14.3 Å². The van der Waals surface area contributed by atoms with Crippen LogP contribution in [-0.4, -0.2) is 41.7 Å². The molecule has 0 radical (unpaired) electrons. The second-order valence-electron chi connectivity index (χ2n) is 2.35. The number of thioether (sulfide) groups is 1. The molecule has 6 heteroatoms. The molecule has 0 aliphatic rings. The lowest BCUT2D eigenvalue weighted by Gasteiger charge is -2.04. The van der Waals surface area contributed by atoms with Crippen molar-refractivity contribution in [2.75, 3.05) is 18.6 Å². The Morgan fingerprint density at radius 3 is 2.69 bits per heavy atom. The number of esters is 1. The van der Waals surface area contributed by atoms with Gasteiger partial charge in [-0.3, -0.25) is 9.59 Å². The zero-order chi connectivity index (χ0) is 10.3. The Labute approximate surface area is 80.6 Å². The van der Waals surface area contributed by atoms with Crippen molar-refractivity contribution in [3.8, 4) is 0 Å². The molecule has 0 aliphatic carbocycles. The van der Waals surface area contributed by atoms with Gasteiger partial charge >= 0.3 is 11.9 Å². The summed E-state index contributed by atoms with van der Waals surface area (Å²) in [6.45, 7) is 0. The Kier molecular flexibility index (Phi) is 6.34. The van der Waals surface area contributed by atoms with Gasteiger partial charge in [0, 0.05) is 11.5 Å². The lowest BCUT2D eigenvalue weighted by atomic mass is 10.4. The molecule has 0 unspecified atom stereocenters. The molecule has 0 rings (SSSR count). The Balaban J connectivity index is 3.35. The highest BCUT2D eigenvalue weighted by molar-refractivity contribution is 7.99. The molecule has 0 aromatic rings. The van der Waals surface area contributed by atoms with Crippen LogP contribution in [0.2, 0.25) is 0 Å². The second kappa shape index (κ2) is 6.73. The fourth-order valence-corrected chi connectivity index (χ4v) is 1.41. The summed E-state index contributed by atoms with van der Waals surface area (Å²) >= 11 is 1.33. The highest BCUT2D eigenvalue weighted by atomic mass is 32.2. The van der Waals surface area contributed by atoms with Gasteiger partial charge in [-0.15, -0.1) is 0 Å². The van der Waals surface area contributed by atoms with E-state index >= 15 is 0 Å². The van der Waals surface area contributed by atoms with Crippen molar-refractivity contribution in [3.05, 3.63) is 0 Å². The number of rotatable bonds is 6. The maximum atomic E-state index is 10.6. The summed E-state index contributed by atoms with van der Waals surface area (Å²) in [4.78, 5) is 20.9. The number of methoxy groups -OCH3 is 1. The van der Waals surface area contributed by atoms with Crippen LogP contribution < -0.4 is 5.73 Å². The van der Waals surface area contributed by atoms with E-state index in [-0.39, 0.29) is 12.4 Å². The van der Waals surface area contributed by atoms with Crippen molar-refractivity contribution >= 4 is 23.7 Å². The molecule has 0 saturated heterocycles. The van der Waals surface area contributed by atoms with Gasteiger partial charge in [0.25, 0.3) is 0 Å². The quantitative estimate of drug-likeness (QED) is 0.459. The maximum Gasteiger partial charge on any atom is 0.321 e. The second-order valence-corrected chi connectivity index (χ2v) is 3.50. The van der Waals surface area contributed by atoms with E-state index in [9.17, 15) is 9.59 Å². The molecule has 0 bridgehead atoms. The first-order chi connectivity index (χ1) is 6.07. The van der Waals surface area contributed by atoms with Gasteiger partial charge in [-0.25, -0.2) is 0 Å². The number of carbonyl (C=O) groups excluding carboxylic acids is 1. The van der Waals surface area contributed by atoms with Crippen molar-refractivity contribution in [1.82, 2.24) is 0 Å². The van der Waals surface area contributed by atoms with Crippen LogP contribution in [0.1, 0.15) is 6.42 Å². The molecular formula is C7H13NO4S. The third-order valence-corrected chi connectivity index (χ3v) is 2.38. The molecule has 0 aromatic heterocycles. The maximum absolute atomic E-state index is 10.6. The summed E-state index contributed by atoms with van der Waals surface area (Å²) < 4.78 is 4.40. The number of carboxylic acids is 1. The van der Waals surface area contributed by atoms with Crippen molar-refractivity contribution < 1.29 is 19.4 Å². The third-order valence-electron chi connectivity index (χ3n) is 1.29. The molecule has 0 fully saturated rings. The molecule has 5 nitrogen and oxygen atoms in total. The van der Waals surface area contributed by atoms with Gasteiger partial charge in [-0.05, 0) is 0 Å². The number of hydrogen-bond donors (Lipinski definition) is 2.